The Kier molecular flexibility index (Phi) is 4.84. The summed E-state index contributed by atoms with van der Waals surface area (Å²) in [5, 5.41) is 22.0. The van der Waals surface area contributed by atoms with E-state index in [2.05, 4.69) is 27.3 Å². The van der Waals surface area contributed by atoms with Crippen molar-refractivity contribution in [1.29, 1.82) is 5.26 Å². The highest BCUT2D eigenvalue weighted by molar-refractivity contribution is 9.10. The predicted octanol–water partition coefficient (Wildman–Crippen LogP) is 3.68. The van der Waals surface area contributed by atoms with Gasteiger partial charge >= 0.3 is 0 Å². The summed E-state index contributed by atoms with van der Waals surface area (Å²) in [7, 11) is 0. The Morgan fingerprint density at radius 2 is 2.00 bits per heavy atom. The molecular weight excluding hydrogens is 304 g/mol. The van der Waals surface area contributed by atoms with E-state index in [1.165, 1.54) is 19.3 Å². The number of nitriles is 1. The van der Waals surface area contributed by atoms with E-state index >= 15 is 0 Å². The van der Waals surface area contributed by atoms with Crippen LogP contribution in [0.1, 0.15) is 37.7 Å². The average molecular weight is 323 g/mol. The number of aliphatic hydroxyl groups excluding tert-OH is 1. The number of benzene rings is 1. The lowest BCUT2D eigenvalue weighted by molar-refractivity contribution is 0.0944. The van der Waals surface area contributed by atoms with E-state index in [0.717, 1.165) is 29.5 Å². The Morgan fingerprint density at radius 3 is 2.63 bits per heavy atom. The van der Waals surface area contributed by atoms with Crippen molar-refractivity contribution in [2.45, 2.75) is 32.1 Å². The van der Waals surface area contributed by atoms with Crippen molar-refractivity contribution < 1.29 is 5.11 Å². The molecule has 2 rings (SSSR count). The van der Waals surface area contributed by atoms with Crippen LogP contribution >= 0.6 is 15.9 Å². The number of halogens is 1. The molecular formula is C15H19BrN2O. The van der Waals surface area contributed by atoms with E-state index in [1.54, 1.807) is 6.07 Å². The number of nitrogens with one attached hydrogen (secondary N) is 1. The maximum Gasteiger partial charge on any atom is 0.0992 e. The number of hydrogen-bond acceptors (Lipinski definition) is 3. The van der Waals surface area contributed by atoms with Crippen LogP contribution in [0.2, 0.25) is 0 Å². The minimum atomic E-state index is 0.00732. The van der Waals surface area contributed by atoms with Gasteiger partial charge in [0.2, 0.25) is 0 Å². The second kappa shape index (κ2) is 6.40. The van der Waals surface area contributed by atoms with Gasteiger partial charge in [-0.15, -0.1) is 0 Å². The number of aliphatic hydroxyl groups is 1. The first-order valence-electron chi connectivity index (χ1n) is 6.73. The summed E-state index contributed by atoms with van der Waals surface area (Å²) >= 11 is 3.41. The SMILES string of the molecule is N#Cc1cc(Br)cc(NCC2(CO)CCCCC2)c1. The van der Waals surface area contributed by atoms with Gasteiger partial charge in [0.05, 0.1) is 18.2 Å². The fourth-order valence-electron chi connectivity index (χ4n) is 2.74. The summed E-state index contributed by atoms with van der Waals surface area (Å²) in [4.78, 5) is 0. The Morgan fingerprint density at radius 1 is 1.26 bits per heavy atom. The van der Waals surface area contributed by atoms with Crippen LogP contribution in [0.25, 0.3) is 0 Å². The number of hydrogen-bond donors (Lipinski definition) is 2. The summed E-state index contributed by atoms with van der Waals surface area (Å²) < 4.78 is 0.899. The second-order valence-electron chi connectivity index (χ2n) is 5.41. The molecule has 1 aliphatic carbocycles. The van der Waals surface area contributed by atoms with Crippen LogP contribution in [0.15, 0.2) is 22.7 Å². The first kappa shape index (κ1) is 14.4. The van der Waals surface area contributed by atoms with Crippen LogP contribution in [-0.4, -0.2) is 18.3 Å². The van der Waals surface area contributed by atoms with Gasteiger partial charge in [-0.2, -0.15) is 5.26 Å². The first-order chi connectivity index (χ1) is 9.17. The third kappa shape index (κ3) is 3.71. The van der Waals surface area contributed by atoms with Crippen LogP contribution in [0, 0.1) is 16.7 Å². The normalized spacial score (nSPS) is 17.7. The molecule has 0 bridgehead atoms. The van der Waals surface area contributed by atoms with Gasteiger partial charge in [0, 0.05) is 22.1 Å². The molecule has 0 unspecified atom stereocenters. The summed E-state index contributed by atoms with van der Waals surface area (Å²) in [6.07, 6.45) is 5.83. The number of rotatable bonds is 4. The van der Waals surface area contributed by atoms with Gasteiger partial charge in [-0.3, -0.25) is 0 Å². The van der Waals surface area contributed by atoms with Gasteiger partial charge in [-0.25, -0.2) is 0 Å². The molecule has 1 aliphatic rings. The zero-order valence-electron chi connectivity index (χ0n) is 11.0. The van der Waals surface area contributed by atoms with E-state index in [0.29, 0.717) is 5.56 Å². The minimum Gasteiger partial charge on any atom is -0.396 e. The monoisotopic (exact) mass is 322 g/mol. The molecule has 0 amide bonds. The second-order valence-corrected chi connectivity index (χ2v) is 6.33. The van der Waals surface area contributed by atoms with Gasteiger partial charge in [0.25, 0.3) is 0 Å². The van der Waals surface area contributed by atoms with Crippen LogP contribution < -0.4 is 5.32 Å². The van der Waals surface area contributed by atoms with Crippen molar-refractivity contribution >= 4 is 21.6 Å². The molecule has 1 aromatic carbocycles. The van der Waals surface area contributed by atoms with Crippen molar-refractivity contribution in [2.75, 3.05) is 18.5 Å². The van der Waals surface area contributed by atoms with Crippen molar-refractivity contribution in [2.24, 2.45) is 5.41 Å². The van der Waals surface area contributed by atoms with E-state index in [1.807, 2.05) is 12.1 Å². The van der Waals surface area contributed by atoms with Crippen LogP contribution in [0.3, 0.4) is 0 Å². The van der Waals surface area contributed by atoms with Crippen LogP contribution in [0.5, 0.6) is 0 Å². The molecule has 0 aromatic heterocycles. The highest BCUT2D eigenvalue weighted by Gasteiger charge is 2.31. The molecule has 4 heteroatoms. The summed E-state index contributed by atoms with van der Waals surface area (Å²) in [5.41, 5.74) is 1.58. The lowest BCUT2D eigenvalue weighted by Crippen LogP contribution is -2.35. The molecule has 0 saturated heterocycles. The van der Waals surface area contributed by atoms with Gasteiger partial charge in [0.15, 0.2) is 0 Å². The molecule has 102 valence electrons. The van der Waals surface area contributed by atoms with Crippen molar-refractivity contribution in [3.63, 3.8) is 0 Å². The number of anilines is 1. The van der Waals surface area contributed by atoms with Crippen molar-refractivity contribution in [3.8, 4) is 6.07 Å². The quantitative estimate of drug-likeness (QED) is 0.889. The molecule has 3 nitrogen and oxygen atoms in total. The summed E-state index contributed by atoms with van der Waals surface area (Å²) in [6, 6.07) is 7.76. The Labute approximate surface area is 122 Å². The van der Waals surface area contributed by atoms with Crippen molar-refractivity contribution in [1.82, 2.24) is 0 Å². The zero-order chi connectivity index (χ0) is 13.7. The molecule has 1 aromatic rings. The predicted molar refractivity (Wildman–Crippen MR) is 80.0 cm³/mol. The van der Waals surface area contributed by atoms with Crippen LogP contribution in [0.4, 0.5) is 5.69 Å². The molecule has 0 radical (unpaired) electrons. The summed E-state index contributed by atoms with van der Waals surface area (Å²) in [6.45, 7) is 1.00. The molecule has 1 fully saturated rings. The van der Waals surface area contributed by atoms with E-state index in [4.69, 9.17) is 5.26 Å². The maximum absolute atomic E-state index is 9.67. The maximum atomic E-state index is 9.67. The Bertz CT molecular complexity index is 476. The van der Waals surface area contributed by atoms with E-state index < -0.39 is 0 Å². The Balaban J connectivity index is 2.05. The first-order valence-corrected chi connectivity index (χ1v) is 7.52. The topological polar surface area (TPSA) is 56.0 Å². The largest absolute Gasteiger partial charge is 0.396 e. The minimum absolute atomic E-state index is 0.00732. The third-order valence-corrected chi connectivity index (χ3v) is 4.40. The lowest BCUT2D eigenvalue weighted by Gasteiger charge is -2.36. The fraction of sp³-hybridized carbons (Fsp3) is 0.533. The third-order valence-electron chi connectivity index (χ3n) is 3.94. The molecule has 0 aliphatic heterocycles. The molecule has 0 heterocycles. The highest BCUT2D eigenvalue weighted by Crippen LogP contribution is 2.36. The van der Waals surface area contributed by atoms with E-state index in [9.17, 15) is 5.11 Å². The van der Waals surface area contributed by atoms with Gasteiger partial charge in [-0.1, -0.05) is 35.2 Å². The smallest absolute Gasteiger partial charge is 0.0992 e. The Hall–Kier alpha value is -1.05. The standard InChI is InChI=1S/C15H19BrN2O/c16-13-6-12(9-17)7-14(8-13)18-10-15(11-19)4-2-1-3-5-15/h6-8,18-19H,1-5,10-11H2. The fourth-order valence-corrected chi connectivity index (χ4v) is 3.23. The number of nitrogens with zero attached hydrogens (tertiary/aromatic N) is 1. The zero-order valence-corrected chi connectivity index (χ0v) is 12.5. The average Bonchev–Trinajstić information content (AvgIpc) is 2.45. The van der Waals surface area contributed by atoms with Crippen LogP contribution in [-0.2, 0) is 0 Å². The van der Waals surface area contributed by atoms with E-state index in [-0.39, 0.29) is 12.0 Å². The molecule has 2 N–H and O–H groups in total. The molecule has 0 atom stereocenters. The summed E-state index contributed by atoms with van der Waals surface area (Å²) in [5.74, 6) is 0. The lowest BCUT2D eigenvalue weighted by atomic mass is 9.74. The molecule has 19 heavy (non-hydrogen) atoms. The molecule has 0 spiro atoms. The highest BCUT2D eigenvalue weighted by atomic mass is 79.9. The van der Waals surface area contributed by atoms with Gasteiger partial charge in [-0.05, 0) is 31.0 Å². The van der Waals surface area contributed by atoms with Crippen molar-refractivity contribution in [3.05, 3.63) is 28.2 Å². The van der Waals surface area contributed by atoms with Gasteiger partial charge < -0.3 is 10.4 Å². The van der Waals surface area contributed by atoms with Gasteiger partial charge in [0.1, 0.15) is 0 Å². The molecule has 1 saturated carbocycles.